The van der Waals surface area contributed by atoms with Gasteiger partial charge in [0.1, 0.15) is 18.5 Å². The van der Waals surface area contributed by atoms with Crippen molar-refractivity contribution in [1.29, 1.82) is 0 Å². The zero-order valence-electron chi connectivity index (χ0n) is 10.4. The summed E-state index contributed by atoms with van der Waals surface area (Å²) in [6.07, 6.45) is 5.70. The maximum atomic E-state index is 9.76. The molecule has 3 heteroatoms. The lowest BCUT2D eigenvalue weighted by Crippen LogP contribution is -2.16. The monoisotopic (exact) mass is 248 g/mol. The molecule has 3 atom stereocenters. The molecule has 3 nitrogen and oxygen atoms in total. The maximum Gasteiger partial charge on any atom is 0.119 e. The topological polar surface area (TPSA) is 49.7 Å². The summed E-state index contributed by atoms with van der Waals surface area (Å²) in [6.45, 7) is 0.239. The number of hydrogen-bond acceptors (Lipinski definition) is 3. The van der Waals surface area contributed by atoms with Gasteiger partial charge in [-0.3, -0.25) is 0 Å². The van der Waals surface area contributed by atoms with E-state index in [9.17, 15) is 10.2 Å². The number of para-hydroxylation sites is 1. The number of benzene rings is 1. The van der Waals surface area contributed by atoms with E-state index in [1.54, 1.807) is 6.08 Å². The third-order valence-electron chi connectivity index (χ3n) is 3.28. The molecule has 0 unspecified atom stereocenters. The molecular formula is C15H20O3. The van der Waals surface area contributed by atoms with Crippen LogP contribution < -0.4 is 4.74 Å². The first kappa shape index (κ1) is 13.1. The van der Waals surface area contributed by atoms with Gasteiger partial charge < -0.3 is 14.9 Å². The van der Waals surface area contributed by atoms with Gasteiger partial charge in [0, 0.05) is 5.92 Å². The minimum Gasteiger partial charge on any atom is -0.491 e. The van der Waals surface area contributed by atoms with Gasteiger partial charge in [-0.05, 0) is 25.0 Å². The average Bonchev–Trinajstić information content (AvgIpc) is 2.81. The normalized spacial score (nSPS) is 25.4. The fourth-order valence-electron chi connectivity index (χ4n) is 2.22. The van der Waals surface area contributed by atoms with Gasteiger partial charge in [-0.2, -0.15) is 0 Å². The Morgan fingerprint density at radius 3 is 2.72 bits per heavy atom. The van der Waals surface area contributed by atoms with Crippen LogP contribution in [0.3, 0.4) is 0 Å². The zero-order chi connectivity index (χ0) is 12.8. The van der Waals surface area contributed by atoms with Crippen LogP contribution in [-0.4, -0.2) is 29.0 Å². The lowest BCUT2D eigenvalue weighted by atomic mass is 10.1. The number of aliphatic hydroxyl groups is 2. The molecule has 1 aromatic carbocycles. The Morgan fingerprint density at radius 2 is 2.06 bits per heavy atom. The molecule has 2 rings (SSSR count). The number of hydrogen-bond donors (Lipinski definition) is 2. The molecule has 0 spiro atoms. The minimum absolute atomic E-state index is 0.191. The van der Waals surface area contributed by atoms with Crippen LogP contribution in [-0.2, 0) is 0 Å². The quantitative estimate of drug-likeness (QED) is 0.785. The molecule has 0 heterocycles. The third kappa shape index (κ3) is 3.86. The Bertz CT molecular complexity index is 375. The predicted octanol–water partition coefficient (Wildman–Crippen LogP) is 2.14. The van der Waals surface area contributed by atoms with Crippen molar-refractivity contribution in [3.05, 3.63) is 42.5 Å². The zero-order valence-corrected chi connectivity index (χ0v) is 10.4. The summed E-state index contributed by atoms with van der Waals surface area (Å²) in [6, 6.07) is 9.43. The molecule has 0 saturated heterocycles. The molecule has 1 fully saturated rings. The van der Waals surface area contributed by atoms with Crippen LogP contribution >= 0.6 is 0 Å². The second-order valence-electron chi connectivity index (χ2n) is 4.74. The van der Waals surface area contributed by atoms with Crippen molar-refractivity contribution in [2.75, 3.05) is 6.61 Å². The van der Waals surface area contributed by atoms with E-state index in [2.05, 4.69) is 0 Å². The molecule has 0 bridgehead atoms. The Labute approximate surface area is 108 Å². The Kier molecular flexibility index (Phi) is 4.79. The summed E-state index contributed by atoms with van der Waals surface area (Å²) in [5.41, 5.74) is 0. The molecule has 2 N–H and O–H groups in total. The van der Waals surface area contributed by atoms with Crippen LogP contribution in [0.5, 0.6) is 5.75 Å². The maximum absolute atomic E-state index is 9.76. The highest BCUT2D eigenvalue weighted by Gasteiger charge is 2.22. The van der Waals surface area contributed by atoms with E-state index in [0.717, 1.165) is 25.0 Å². The predicted molar refractivity (Wildman–Crippen MR) is 70.4 cm³/mol. The van der Waals surface area contributed by atoms with Gasteiger partial charge in [-0.25, -0.2) is 0 Å². The average molecular weight is 248 g/mol. The van der Waals surface area contributed by atoms with E-state index < -0.39 is 6.10 Å². The molecule has 0 radical (unpaired) electrons. The highest BCUT2D eigenvalue weighted by Crippen LogP contribution is 2.26. The Morgan fingerprint density at radius 1 is 1.28 bits per heavy atom. The lowest BCUT2D eigenvalue weighted by molar-refractivity contribution is 0.139. The van der Waals surface area contributed by atoms with Crippen molar-refractivity contribution in [1.82, 2.24) is 0 Å². The summed E-state index contributed by atoms with van der Waals surface area (Å²) < 4.78 is 5.45. The van der Waals surface area contributed by atoms with Gasteiger partial charge in [-0.1, -0.05) is 36.8 Å². The third-order valence-corrected chi connectivity index (χ3v) is 3.28. The highest BCUT2D eigenvalue weighted by molar-refractivity contribution is 5.21. The van der Waals surface area contributed by atoms with Crippen LogP contribution in [0.25, 0.3) is 0 Å². The van der Waals surface area contributed by atoms with Crippen LogP contribution in [0.4, 0.5) is 0 Å². The van der Waals surface area contributed by atoms with Gasteiger partial charge in [0.25, 0.3) is 0 Å². The van der Waals surface area contributed by atoms with Gasteiger partial charge in [0.2, 0.25) is 0 Å². The van der Waals surface area contributed by atoms with Gasteiger partial charge >= 0.3 is 0 Å². The first-order valence-corrected chi connectivity index (χ1v) is 6.48. The van der Waals surface area contributed by atoms with Crippen LogP contribution in [0.2, 0.25) is 0 Å². The van der Waals surface area contributed by atoms with Crippen LogP contribution in [0.1, 0.15) is 19.3 Å². The van der Waals surface area contributed by atoms with E-state index in [1.807, 2.05) is 36.4 Å². The fourth-order valence-corrected chi connectivity index (χ4v) is 2.22. The largest absolute Gasteiger partial charge is 0.491 e. The fraction of sp³-hybridized carbons (Fsp3) is 0.467. The molecule has 1 aromatic rings. The summed E-state index contributed by atoms with van der Waals surface area (Å²) >= 11 is 0. The van der Waals surface area contributed by atoms with Gasteiger partial charge in [0.05, 0.1) is 6.10 Å². The van der Waals surface area contributed by atoms with Crippen LogP contribution in [0.15, 0.2) is 42.5 Å². The lowest BCUT2D eigenvalue weighted by Gasteiger charge is -2.11. The summed E-state index contributed by atoms with van der Waals surface area (Å²) in [5.74, 6) is 0.947. The molecule has 98 valence electrons. The van der Waals surface area contributed by atoms with Crippen molar-refractivity contribution in [2.24, 2.45) is 5.92 Å². The standard InChI is InChI=1S/C15H20O3/c16-13(10-9-12-5-4-8-15(12)17)11-18-14-6-2-1-3-7-14/h1-3,6-7,9-10,12-13,15-17H,4-5,8,11H2/b10-9+/t12-,13+,15+/m0/s1. The number of ether oxygens (including phenoxy) is 1. The Hall–Kier alpha value is -1.32. The van der Waals surface area contributed by atoms with Crippen molar-refractivity contribution in [2.45, 2.75) is 31.5 Å². The van der Waals surface area contributed by atoms with Crippen molar-refractivity contribution in [3.8, 4) is 5.75 Å². The summed E-state index contributed by atoms with van der Waals surface area (Å²) in [5, 5.41) is 19.4. The molecule has 0 aliphatic heterocycles. The second-order valence-corrected chi connectivity index (χ2v) is 4.74. The molecule has 1 aliphatic carbocycles. The molecule has 1 aliphatic rings. The summed E-state index contributed by atoms with van der Waals surface area (Å²) in [7, 11) is 0. The van der Waals surface area contributed by atoms with E-state index in [-0.39, 0.29) is 18.6 Å². The van der Waals surface area contributed by atoms with Crippen molar-refractivity contribution in [3.63, 3.8) is 0 Å². The molecular weight excluding hydrogens is 228 g/mol. The smallest absolute Gasteiger partial charge is 0.119 e. The minimum atomic E-state index is -0.627. The van der Waals surface area contributed by atoms with E-state index in [1.165, 1.54) is 0 Å². The summed E-state index contributed by atoms with van der Waals surface area (Å²) in [4.78, 5) is 0. The first-order valence-electron chi connectivity index (χ1n) is 6.48. The first-order chi connectivity index (χ1) is 8.75. The van der Waals surface area contributed by atoms with Crippen LogP contribution in [0, 0.1) is 5.92 Å². The van der Waals surface area contributed by atoms with Crippen molar-refractivity contribution < 1.29 is 14.9 Å². The molecule has 18 heavy (non-hydrogen) atoms. The van der Waals surface area contributed by atoms with E-state index in [4.69, 9.17) is 4.74 Å². The Balaban J connectivity index is 1.75. The van der Waals surface area contributed by atoms with E-state index in [0.29, 0.717) is 0 Å². The number of rotatable bonds is 5. The van der Waals surface area contributed by atoms with Crippen molar-refractivity contribution >= 4 is 0 Å². The SMILES string of the molecule is O[C@H](/C=C/[C@@H]1CCC[C@H]1O)COc1ccccc1. The number of aliphatic hydroxyl groups excluding tert-OH is 2. The molecule has 0 aromatic heterocycles. The molecule has 1 saturated carbocycles. The van der Waals surface area contributed by atoms with E-state index >= 15 is 0 Å². The molecule has 0 amide bonds. The van der Waals surface area contributed by atoms with Gasteiger partial charge in [-0.15, -0.1) is 0 Å². The second kappa shape index (κ2) is 6.57. The van der Waals surface area contributed by atoms with Gasteiger partial charge in [0.15, 0.2) is 0 Å². The highest BCUT2D eigenvalue weighted by atomic mass is 16.5.